The van der Waals surface area contributed by atoms with Crippen LogP contribution in [0.15, 0.2) is 91.0 Å². The van der Waals surface area contributed by atoms with E-state index in [1.807, 2.05) is 71.3 Å². The Morgan fingerprint density at radius 2 is 1.54 bits per heavy atom. The molecule has 0 saturated carbocycles. The molecule has 0 radical (unpaired) electrons. The van der Waals surface area contributed by atoms with Crippen LogP contribution in [0.1, 0.15) is 56.8 Å². The number of nitrogens with zero attached hydrogens (tertiary/aromatic N) is 2. The summed E-state index contributed by atoms with van der Waals surface area (Å²) in [6, 6.07) is 27.4. The average molecular weight is 797 g/mol. The van der Waals surface area contributed by atoms with Gasteiger partial charge in [-0.2, -0.15) is 0 Å². The standard InChI is InChI=1S/C46H48N6O7/c1-26-14-30-10-6-8-12-38(30)51(26)45(55)35-20-42(57-5)43(21-36(35)48-4)59-25-29-15-28(16-32(17-29)50-44(54)27(2)47-3)24-58-41-22-37-34(19-40(41)53)46(56)52-33(23-49-37)18-31-11-7-9-13-39(31)52/h6-13,15-17,19-22,26-27,33,47-49,53H,14,18,23-25H2,1-5H3,(H,50,54)/t26-,27+,33+/m1/s1. The van der Waals surface area contributed by atoms with Crippen molar-refractivity contribution in [2.75, 3.05) is 53.5 Å². The Balaban J connectivity index is 1.03. The lowest BCUT2D eigenvalue weighted by Crippen LogP contribution is -2.39. The van der Waals surface area contributed by atoms with Crippen LogP contribution in [-0.4, -0.2) is 68.7 Å². The molecule has 3 aliphatic heterocycles. The zero-order chi connectivity index (χ0) is 41.4. The number of hydrogen-bond acceptors (Lipinski definition) is 10. The number of phenols is 1. The van der Waals surface area contributed by atoms with E-state index in [1.165, 1.54) is 13.2 Å². The molecule has 13 heteroatoms. The molecular formula is C46H48N6O7. The van der Waals surface area contributed by atoms with E-state index in [0.29, 0.717) is 57.4 Å². The number of carbonyl (C=O) groups excluding carboxylic acids is 3. The minimum absolute atomic E-state index is 0.00753. The minimum Gasteiger partial charge on any atom is -0.504 e. The number of aromatic hydroxyl groups is 1. The Bertz CT molecular complexity index is 2450. The van der Waals surface area contributed by atoms with Gasteiger partial charge in [0.15, 0.2) is 23.0 Å². The van der Waals surface area contributed by atoms with Gasteiger partial charge in [0, 0.05) is 48.8 Å². The number of nitrogens with one attached hydrogen (secondary N) is 4. The maximum absolute atomic E-state index is 14.1. The van der Waals surface area contributed by atoms with E-state index in [0.717, 1.165) is 35.3 Å². The van der Waals surface area contributed by atoms with Gasteiger partial charge in [-0.15, -0.1) is 0 Å². The van der Waals surface area contributed by atoms with E-state index in [4.69, 9.17) is 14.2 Å². The van der Waals surface area contributed by atoms with Crippen LogP contribution >= 0.6 is 0 Å². The van der Waals surface area contributed by atoms with Crippen LogP contribution in [0.25, 0.3) is 0 Å². The van der Waals surface area contributed by atoms with Gasteiger partial charge in [0.1, 0.15) is 13.2 Å². The monoisotopic (exact) mass is 796 g/mol. The second-order valence-electron chi connectivity index (χ2n) is 15.2. The fourth-order valence-corrected chi connectivity index (χ4v) is 8.19. The van der Waals surface area contributed by atoms with Crippen molar-refractivity contribution < 1.29 is 33.7 Å². The third-order valence-corrected chi connectivity index (χ3v) is 11.3. The van der Waals surface area contributed by atoms with Crippen LogP contribution in [-0.2, 0) is 30.8 Å². The number of amides is 3. The zero-order valence-corrected chi connectivity index (χ0v) is 33.7. The van der Waals surface area contributed by atoms with Gasteiger partial charge >= 0.3 is 0 Å². The molecule has 0 spiro atoms. The molecule has 5 aromatic carbocycles. The SMILES string of the molecule is CNc1cc(OCc2cc(COc3cc4c(cc3O)C(=O)N3c5ccccc5C[C@H]3CN4)cc(NC(=O)[C@H](C)NC)c2)c(OC)cc1C(=O)N1c2ccccc2C[C@H]1C. The lowest BCUT2D eigenvalue weighted by atomic mass is 10.1. The van der Waals surface area contributed by atoms with Crippen molar-refractivity contribution in [1.29, 1.82) is 0 Å². The molecule has 0 fully saturated rings. The average Bonchev–Trinajstić information content (AvgIpc) is 3.76. The molecule has 0 aliphatic carbocycles. The van der Waals surface area contributed by atoms with E-state index in [9.17, 15) is 19.5 Å². The van der Waals surface area contributed by atoms with Crippen LogP contribution < -0.4 is 45.3 Å². The first-order valence-corrected chi connectivity index (χ1v) is 19.8. The molecule has 13 nitrogen and oxygen atoms in total. The molecule has 3 amide bonds. The quantitative estimate of drug-likeness (QED) is 0.0859. The highest BCUT2D eigenvalue weighted by atomic mass is 16.5. The third kappa shape index (κ3) is 7.56. The summed E-state index contributed by atoms with van der Waals surface area (Å²) in [6.45, 7) is 4.46. The van der Waals surface area contributed by atoms with Crippen LogP contribution in [0, 0.1) is 0 Å². The number of methoxy groups -OCH3 is 1. The van der Waals surface area contributed by atoms with Crippen molar-refractivity contribution in [2.24, 2.45) is 0 Å². The third-order valence-electron chi connectivity index (χ3n) is 11.3. The molecule has 5 N–H and O–H groups in total. The van der Waals surface area contributed by atoms with Crippen LogP contribution in [0.3, 0.4) is 0 Å². The van der Waals surface area contributed by atoms with E-state index in [-0.39, 0.29) is 54.5 Å². The largest absolute Gasteiger partial charge is 0.504 e. The van der Waals surface area contributed by atoms with Crippen molar-refractivity contribution in [2.45, 2.75) is 58.0 Å². The number of likely N-dealkylation sites (N-methyl/N-ethyl adjacent to an activating group) is 1. The van der Waals surface area contributed by atoms with Crippen molar-refractivity contribution >= 4 is 46.2 Å². The summed E-state index contributed by atoms with van der Waals surface area (Å²) < 4.78 is 18.3. The predicted molar refractivity (Wildman–Crippen MR) is 229 cm³/mol. The van der Waals surface area contributed by atoms with Crippen LogP contribution in [0.4, 0.5) is 28.4 Å². The van der Waals surface area contributed by atoms with E-state index >= 15 is 0 Å². The second kappa shape index (κ2) is 16.3. The van der Waals surface area contributed by atoms with Crippen molar-refractivity contribution in [3.63, 3.8) is 0 Å². The van der Waals surface area contributed by atoms with Gasteiger partial charge in [0.2, 0.25) is 5.91 Å². The van der Waals surface area contributed by atoms with Gasteiger partial charge in [-0.1, -0.05) is 36.4 Å². The van der Waals surface area contributed by atoms with Gasteiger partial charge in [0.25, 0.3) is 11.8 Å². The van der Waals surface area contributed by atoms with Crippen molar-refractivity contribution in [3.05, 3.63) is 124 Å². The second-order valence-corrected chi connectivity index (χ2v) is 15.2. The minimum atomic E-state index is -0.451. The summed E-state index contributed by atoms with van der Waals surface area (Å²) in [5.74, 6) is 0.285. The molecule has 59 heavy (non-hydrogen) atoms. The first kappa shape index (κ1) is 39.1. The Kier molecular flexibility index (Phi) is 10.8. The molecule has 3 aliphatic rings. The molecule has 3 heterocycles. The first-order valence-electron chi connectivity index (χ1n) is 19.8. The van der Waals surface area contributed by atoms with E-state index < -0.39 is 6.04 Å². The number of fused-ring (bicyclic) bond motifs is 5. The lowest BCUT2D eigenvalue weighted by molar-refractivity contribution is -0.117. The lowest BCUT2D eigenvalue weighted by Gasteiger charge is -2.25. The zero-order valence-electron chi connectivity index (χ0n) is 33.7. The van der Waals surface area contributed by atoms with Crippen molar-refractivity contribution in [3.8, 4) is 23.0 Å². The molecule has 5 aromatic rings. The maximum atomic E-state index is 14.1. The van der Waals surface area contributed by atoms with Gasteiger partial charge in [-0.3, -0.25) is 14.4 Å². The van der Waals surface area contributed by atoms with Crippen molar-refractivity contribution in [1.82, 2.24) is 5.32 Å². The molecule has 304 valence electrons. The van der Waals surface area contributed by atoms with Gasteiger partial charge in [-0.05, 0) is 98.5 Å². The highest BCUT2D eigenvalue weighted by Crippen LogP contribution is 2.41. The van der Waals surface area contributed by atoms with Crippen LogP contribution in [0.2, 0.25) is 0 Å². The van der Waals surface area contributed by atoms with Crippen LogP contribution in [0.5, 0.6) is 23.0 Å². The highest BCUT2D eigenvalue weighted by Gasteiger charge is 2.38. The summed E-state index contributed by atoms with van der Waals surface area (Å²) >= 11 is 0. The first-order chi connectivity index (χ1) is 28.6. The fourth-order valence-electron chi connectivity index (χ4n) is 8.19. The number of anilines is 5. The maximum Gasteiger partial charge on any atom is 0.260 e. The molecule has 0 aromatic heterocycles. The molecule has 0 bridgehead atoms. The van der Waals surface area contributed by atoms with Gasteiger partial charge in [-0.25, -0.2) is 0 Å². The predicted octanol–water partition coefficient (Wildman–Crippen LogP) is 6.74. The molecular weight excluding hydrogens is 749 g/mol. The fraction of sp³-hybridized carbons (Fsp3) is 0.283. The Morgan fingerprint density at radius 1 is 0.864 bits per heavy atom. The number of benzene rings is 5. The Labute approximate surface area is 343 Å². The number of para-hydroxylation sites is 2. The number of phenolic OH excluding ortho intramolecular Hbond substituents is 1. The summed E-state index contributed by atoms with van der Waals surface area (Å²) in [5.41, 5.74) is 7.95. The number of rotatable bonds is 12. The Hall–Kier alpha value is -6.73. The topological polar surface area (TPSA) is 154 Å². The van der Waals surface area contributed by atoms with E-state index in [2.05, 4.69) is 27.3 Å². The normalized spacial score (nSPS) is 16.8. The number of ether oxygens (including phenoxy) is 3. The van der Waals surface area contributed by atoms with E-state index in [1.54, 1.807) is 45.3 Å². The molecule has 8 rings (SSSR count). The number of carbonyl (C=O) groups is 3. The molecule has 3 atom stereocenters. The molecule has 0 unspecified atom stereocenters. The van der Waals surface area contributed by atoms with Gasteiger partial charge < -0.3 is 50.4 Å². The number of hydrogen-bond donors (Lipinski definition) is 5. The highest BCUT2D eigenvalue weighted by molar-refractivity contribution is 6.13. The smallest absolute Gasteiger partial charge is 0.260 e. The summed E-state index contributed by atoms with van der Waals surface area (Å²) in [4.78, 5) is 44.5. The van der Waals surface area contributed by atoms with Gasteiger partial charge in [0.05, 0.1) is 41.7 Å². The molecule has 0 saturated heterocycles. The Morgan fingerprint density at radius 3 is 2.24 bits per heavy atom. The summed E-state index contributed by atoms with van der Waals surface area (Å²) in [5, 5.41) is 23.6. The summed E-state index contributed by atoms with van der Waals surface area (Å²) in [6.07, 6.45) is 1.52. The summed E-state index contributed by atoms with van der Waals surface area (Å²) in [7, 11) is 5.00.